The van der Waals surface area contributed by atoms with Crippen LogP contribution in [0.4, 0.5) is 0 Å². The van der Waals surface area contributed by atoms with Crippen molar-refractivity contribution in [3.63, 3.8) is 0 Å². The molecule has 3 nitrogen and oxygen atoms in total. The van der Waals surface area contributed by atoms with Gasteiger partial charge in [-0.2, -0.15) is 0 Å². The van der Waals surface area contributed by atoms with Crippen molar-refractivity contribution in [3.8, 4) is 0 Å². The Labute approximate surface area is 115 Å². The molecule has 0 radical (unpaired) electrons. The minimum Gasteiger partial charge on any atom is -0.349 e. The Hall–Kier alpha value is -1.35. The lowest BCUT2D eigenvalue weighted by Crippen LogP contribution is -2.47. The summed E-state index contributed by atoms with van der Waals surface area (Å²) in [7, 11) is 0. The average molecular weight is 260 g/mol. The molecule has 0 bridgehead atoms. The number of carbonyl (C=O) groups is 1. The Bertz CT molecular complexity index is 454. The fraction of sp³-hybridized carbons (Fsp3) is 0.562. The molecular formula is C16H24N2O. The third-order valence-corrected chi connectivity index (χ3v) is 4.47. The molecule has 3 N–H and O–H groups in total. The van der Waals surface area contributed by atoms with Gasteiger partial charge in [0.1, 0.15) is 0 Å². The Morgan fingerprint density at radius 1 is 1.42 bits per heavy atom. The predicted molar refractivity (Wildman–Crippen MR) is 77.7 cm³/mol. The van der Waals surface area contributed by atoms with Crippen molar-refractivity contribution in [1.29, 1.82) is 0 Å². The first-order valence-corrected chi connectivity index (χ1v) is 7.06. The van der Waals surface area contributed by atoms with Crippen LogP contribution in [0.3, 0.4) is 0 Å². The molecule has 2 unspecified atom stereocenters. The van der Waals surface area contributed by atoms with Gasteiger partial charge in [0.15, 0.2) is 0 Å². The molecule has 1 amide bonds. The van der Waals surface area contributed by atoms with Gasteiger partial charge in [-0.3, -0.25) is 4.79 Å². The quantitative estimate of drug-likeness (QED) is 0.878. The first kappa shape index (κ1) is 14.1. The second-order valence-electron chi connectivity index (χ2n) is 6.02. The van der Waals surface area contributed by atoms with Crippen LogP contribution < -0.4 is 11.1 Å². The SMILES string of the molecule is Cc1ccc([C@@H](C)NC(=O)C2(C)CCCC2N)cc1. The monoisotopic (exact) mass is 260 g/mol. The standard InChI is InChI=1S/C16H24N2O/c1-11-6-8-13(9-7-11)12(2)18-15(19)16(3)10-4-5-14(16)17/h6-9,12,14H,4-5,10,17H2,1-3H3,(H,18,19)/t12-,14?,16?/m1/s1. The summed E-state index contributed by atoms with van der Waals surface area (Å²) in [5, 5.41) is 3.11. The molecule has 19 heavy (non-hydrogen) atoms. The molecule has 1 saturated carbocycles. The van der Waals surface area contributed by atoms with Crippen LogP contribution in [0.5, 0.6) is 0 Å². The Kier molecular flexibility index (Phi) is 3.95. The van der Waals surface area contributed by atoms with Crippen LogP contribution in [0, 0.1) is 12.3 Å². The molecule has 0 spiro atoms. The number of amides is 1. The van der Waals surface area contributed by atoms with Crippen LogP contribution in [0.25, 0.3) is 0 Å². The Balaban J connectivity index is 2.04. The zero-order valence-corrected chi connectivity index (χ0v) is 12.1. The summed E-state index contributed by atoms with van der Waals surface area (Å²) < 4.78 is 0. The molecule has 1 aromatic rings. The number of rotatable bonds is 3. The van der Waals surface area contributed by atoms with Crippen molar-refractivity contribution < 1.29 is 4.79 Å². The smallest absolute Gasteiger partial charge is 0.227 e. The van der Waals surface area contributed by atoms with Gasteiger partial charge in [0, 0.05) is 6.04 Å². The van der Waals surface area contributed by atoms with Gasteiger partial charge in [-0.25, -0.2) is 0 Å². The number of hydrogen-bond acceptors (Lipinski definition) is 2. The molecule has 1 aliphatic rings. The lowest BCUT2D eigenvalue weighted by atomic mass is 9.84. The van der Waals surface area contributed by atoms with Crippen molar-refractivity contribution in [3.05, 3.63) is 35.4 Å². The number of aryl methyl sites for hydroxylation is 1. The summed E-state index contributed by atoms with van der Waals surface area (Å²) >= 11 is 0. The van der Waals surface area contributed by atoms with Crippen LogP contribution >= 0.6 is 0 Å². The lowest BCUT2D eigenvalue weighted by Gasteiger charge is -2.29. The second kappa shape index (κ2) is 5.33. The third-order valence-electron chi connectivity index (χ3n) is 4.47. The summed E-state index contributed by atoms with van der Waals surface area (Å²) in [6.07, 6.45) is 2.88. The maximum atomic E-state index is 12.4. The number of nitrogens with two attached hydrogens (primary N) is 1. The highest BCUT2D eigenvalue weighted by molar-refractivity contribution is 5.83. The van der Waals surface area contributed by atoms with E-state index in [1.165, 1.54) is 5.56 Å². The second-order valence-corrected chi connectivity index (χ2v) is 6.02. The van der Waals surface area contributed by atoms with Crippen molar-refractivity contribution in [2.45, 2.75) is 52.1 Å². The number of carbonyl (C=O) groups excluding carboxylic acids is 1. The molecular weight excluding hydrogens is 236 g/mol. The van der Waals surface area contributed by atoms with Crippen LogP contribution in [0.2, 0.25) is 0 Å². The molecule has 3 atom stereocenters. The summed E-state index contributed by atoms with van der Waals surface area (Å²) in [5.41, 5.74) is 8.05. The van der Waals surface area contributed by atoms with Crippen LogP contribution in [0.1, 0.15) is 50.3 Å². The van der Waals surface area contributed by atoms with E-state index in [0.29, 0.717) is 0 Å². The fourth-order valence-electron chi connectivity index (χ4n) is 2.78. The first-order valence-electron chi connectivity index (χ1n) is 7.06. The van der Waals surface area contributed by atoms with E-state index in [2.05, 4.69) is 36.5 Å². The average Bonchev–Trinajstić information content (AvgIpc) is 2.71. The molecule has 2 rings (SSSR count). The maximum Gasteiger partial charge on any atom is 0.227 e. The van der Waals surface area contributed by atoms with Gasteiger partial charge in [0.2, 0.25) is 5.91 Å². The normalized spacial score (nSPS) is 28.1. The molecule has 3 heteroatoms. The zero-order valence-electron chi connectivity index (χ0n) is 12.1. The Morgan fingerprint density at radius 3 is 2.58 bits per heavy atom. The highest BCUT2D eigenvalue weighted by atomic mass is 16.2. The van der Waals surface area contributed by atoms with E-state index in [-0.39, 0.29) is 18.0 Å². The molecule has 0 saturated heterocycles. The van der Waals surface area contributed by atoms with Crippen molar-refractivity contribution in [1.82, 2.24) is 5.32 Å². The molecule has 0 heterocycles. The van der Waals surface area contributed by atoms with Crippen molar-refractivity contribution >= 4 is 5.91 Å². The summed E-state index contributed by atoms with van der Waals surface area (Å²) in [4.78, 5) is 12.4. The van der Waals surface area contributed by atoms with Gasteiger partial charge < -0.3 is 11.1 Å². The topological polar surface area (TPSA) is 55.1 Å². The molecule has 1 aromatic carbocycles. The largest absolute Gasteiger partial charge is 0.349 e. The summed E-state index contributed by atoms with van der Waals surface area (Å²) in [6, 6.07) is 8.28. The molecule has 1 aliphatic carbocycles. The highest BCUT2D eigenvalue weighted by Gasteiger charge is 2.43. The number of nitrogens with one attached hydrogen (secondary N) is 1. The minimum absolute atomic E-state index is 0.0160. The van der Waals surface area contributed by atoms with E-state index in [0.717, 1.165) is 24.8 Å². The number of hydrogen-bond donors (Lipinski definition) is 2. The van der Waals surface area contributed by atoms with Gasteiger partial charge in [-0.05, 0) is 39.2 Å². The van der Waals surface area contributed by atoms with Gasteiger partial charge in [-0.15, -0.1) is 0 Å². The van der Waals surface area contributed by atoms with Gasteiger partial charge in [0.25, 0.3) is 0 Å². The van der Waals surface area contributed by atoms with E-state index in [1.54, 1.807) is 0 Å². The first-order chi connectivity index (χ1) is 8.93. The molecule has 0 aliphatic heterocycles. The van der Waals surface area contributed by atoms with Crippen LogP contribution in [0.15, 0.2) is 24.3 Å². The van der Waals surface area contributed by atoms with Crippen molar-refractivity contribution in [2.24, 2.45) is 11.1 Å². The molecule has 1 fully saturated rings. The van der Waals surface area contributed by atoms with Gasteiger partial charge >= 0.3 is 0 Å². The minimum atomic E-state index is -0.404. The lowest BCUT2D eigenvalue weighted by molar-refractivity contribution is -0.131. The molecule has 0 aromatic heterocycles. The van der Waals surface area contributed by atoms with E-state index >= 15 is 0 Å². The van der Waals surface area contributed by atoms with E-state index in [4.69, 9.17) is 5.73 Å². The van der Waals surface area contributed by atoms with Crippen LogP contribution in [-0.4, -0.2) is 11.9 Å². The van der Waals surface area contributed by atoms with Gasteiger partial charge in [-0.1, -0.05) is 36.2 Å². The summed E-state index contributed by atoms with van der Waals surface area (Å²) in [6.45, 7) is 6.07. The maximum absolute atomic E-state index is 12.4. The van der Waals surface area contributed by atoms with E-state index in [1.807, 2.05) is 13.8 Å². The molecule has 104 valence electrons. The third kappa shape index (κ3) is 2.81. The number of benzene rings is 1. The Morgan fingerprint density at radius 2 is 2.05 bits per heavy atom. The fourth-order valence-corrected chi connectivity index (χ4v) is 2.78. The van der Waals surface area contributed by atoms with Crippen LogP contribution in [-0.2, 0) is 4.79 Å². The van der Waals surface area contributed by atoms with Gasteiger partial charge in [0.05, 0.1) is 11.5 Å². The van der Waals surface area contributed by atoms with E-state index in [9.17, 15) is 4.79 Å². The summed E-state index contributed by atoms with van der Waals surface area (Å²) in [5.74, 6) is 0.0885. The van der Waals surface area contributed by atoms with Crippen molar-refractivity contribution in [2.75, 3.05) is 0 Å². The zero-order chi connectivity index (χ0) is 14.0. The van der Waals surface area contributed by atoms with E-state index < -0.39 is 5.41 Å². The highest BCUT2D eigenvalue weighted by Crippen LogP contribution is 2.37. The predicted octanol–water partition coefficient (Wildman–Crippen LogP) is 2.69.